The van der Waals surface area contributed by atoms with Crippen molar-refractivity contribution in [3.05, 3.63) is 59.4 Å². The van der Waals surface area contributed by atoms with Crippen LogP contribution in [0.15, 0.2) is 47.9 Å². The summed E-state index contributed by atoms with van der Waals surface area (Å²) in [4.78, 5) is 12.7. The molecular formula is C17H19ClN6O2S. The molecule has 2 heterocycles. The molecule has 0 aliphatic rings. The van der Waals surface area contributed by atoms with E-state index in [2.05, 4.69) is 25.0 Å². The predicted molar refractivity (Wildman–Crippen MR) is 104 cm³/mol. The van der Waals surface area contributed by atoms with Crippen LogP contribution in [0.5, 0.6) is 0 Å². The molecule has 0 spiro atoms. The third-order valence-corrected chi connectivity index (χ3v) is 5.96. The number of nitrogens with zero attached hydrogens (tertiary/aromatic N) is 4. The van der Waals surface area contributed by atoms with Gasteiger partial charge >= 0.3 is 0 Å². The molecule has 0 radical (unpaired) electrons. The Morgan fingerprint density at radius 2 is 1.89 bits per heavy atom. The Hall–Kier alpha value is -2.49. The molecule has 0 aliphatic heterocycles. The Labute approximate surface area is 162 Å². The van der Waals surface area contributed by atoms with E-state index in [0.717, 1.165) is 11.4 Å². The van der Waals surface area contributed by atoms with Crippen molar-refractivity contribution in [3.8, 4) is 5.82 Å². The number of sulfonamides is 1. The molecule has 10 heteroatoms. The van der Waals surface area contributed by atoms with Crippen LogP contribution in [-0.4, -0.2) is 41.0 Å². The fourth-order valence-electron chi connectivity index (χ4n) is 2.42. The Kier molecular flexibility index (Phi) is 5.73. The molecule has 8 nitrogen and oxygen atoms in total. The van der Waals surface area contributed by atoms with E-state index >= 15 is 0 Å². The van der Waals surface area contributed by atoms with Gasteiger partial charge in [-0.3, -0.25) is 4.57 Å². The molecule has 142 valence electrons. The van der Waals surface area contributed by atoms with Gasteiger partial charge in [0.1, 0.15) is 29.2 Å². The number of hydrogen-bond donors (Lipinski definition) is 2. The van der Waals surface area contributed by atoms with Crippen LogP contribution in [0.1, 0.15) is 11.4 Å². The van der Waals surface area contributed by atoms with Crippen molar-refractivity contribution in [3.63, 3.8) is 0 Å². The molecule has 0 aliphatic carbocycles. The first-order valence-corrected chi connectivity index (χ1v) is 10.1. The predicted octanol–water partition coefficient (Wildman–Crippen LogP) is 2.32. The molecule has 2 N–H and O–H groups in total. The summed E-state index contributed by atoms with van der Waals surface area (Å²) < 4.78 is 28.9. The smallest absolute Gasteiger partial charge is 0.242 e. The van der Waals surface area contributed by atoms with Crippen LogP contribution in [0.25, 0.3) is 5.82 Å². The van der Waals surface area contributed by atoms with Crippen molar-refractivity contribution >= 4 is 27.4 Å². The number of halogens is 1. The normalized spacial score (nSPS) is 11.5. The second kappa shape index (κ2) is 8.03. The zero-order valence-corrected chi connectivity index (χ0v) is 16.4. The molecule has 0 saturated carbocycles. The maximum absolute atomic E-state index is 12.3. The Morgan fingerprint density at radius 1 is 1.11 bits per heavy atom. The van der Waals surface area contributed by atoms with Crippen LogP contribution in [0.4, 0.5) is 5.82 Å². The van der Waals surface area contributed by atoms with Crippen molar-refractivity contribution in [1.29, 1.82) is 0 Å². The molecule has 1 aromatic carbocycles. The maximum atomic E-state index is 12.3. The van der Waals surface area contributed by atoms with Gasteiger partial charge in [-0.15, -0.1) is 0 Å². The Balaban J connectivity index is 1.61. The van der Waals surface area contributed by atoms with Gasteiger partial charge in [-0.2, -0.15) is 0 Å². The average Bonchev–Trinajstić information content (AvgIpc) is 2.98. The molecule has 27 heavy (non-hydrogen) atoms. The van der Waals surface area contributed by atoms with Crippen LogP contribution in [-0.2, 0) is 10.0 Å². The van der Waals surface area contributed by atoms with E-state index in [1.165, 1.54) is 18.5 Å². The number of rotatable bonds is 7. The number of benzene rings is 1. The van der Waals surface area contributed by atoms with E-state index in [1.807, 2.05) is 18.4 Å². The number of anilines is 1. The number of hydrogen-bond acceptors (Lipinski definition) is 6. The molecular weight excluding hydrogens is 388 g/mol. The Morgan fingerprint density at radius 3 is 2.59 bits per heavy atom. The first-order valence-electron chi connectivity index (χ1n) is 8.19. The number of aryl methyl sites for hydroxylation is 1. The number of aromatic nitrogens is 4. The molecule has 0 saturated heterocycles. The Bertz CT molecular complexity index is 1050. The summed E-state index contributed by atoms with van der Waals surface area (Å²) >= 11 is 5.95. The van der Waals surface area contributed by atoms with Crippen molar-refractivity contribution in [2.24, 2.45) is 0 Å². The van der Waals surface area contributed by atoms with Gasteiger partial charge in [0, 0.05) is 24.8 Å². The molecule has 0 bridgehead atoms. The quantitative estimate of drug-likeness (QED) is 0.584. The van der Waals surface area contributed by atoms with Crippen LogP contribution in [0.3, 0.4) is 0 Å². The minimum Gasteiger partial charge on any atom is -0.369 e. The third-order valence-electron chi connectivity index (χ3n) is 4.00. The first kappa shape index (κ1) is 19.3. The second-order valence-electron chi connectivity index (χ2n) is 5.80. The molecule has 0 atom stereocenters. The number of imidazole rings is 1. The first-order chi connectivity index (χ1) is 12.9. The fraction of sp³-hybridized carbons (Fsp3) is 0.235. The largest absolute Gasteiger partial charge is 0.369 e. The molecule has 3 aromatic rings. The maximum Gasteiger partial charge on any atom is 0.242 e. The monoisotopic (exact) mass is 406 g/mol. The summed E-state index contributed by atoms with van der Waals surface area (Å²) in [7, 11) is -3.67. The van der Waals surface area contributed by atoms with E-state index in [0.29, 0.717) is 18.2 Å². The van der Waals surface area contributed by atoms with E-state index in [-0.39, 0.29) is 16.5 Å². The summed E-state index contributed by atoms with van der Waals surface area (Å²) in [5.74, 6) is 1.27. The van der Waals surface area contributed by atoms with Crippen molar-refractivity contribution in [2.45, 2.75) is 18.7 Å². The molecule has 0 unspecified atom stereocenters. The lowest BCUT2D eigenvalue weighted by molar-refractivity contribution is 0.583. The highest BCUT2D eigenvalue weighted by Crippen LogP contribution is 2.20. The second-order valence-corrected chi connectivity index (χ2v) is 7.94. The highest BCUT2D eigenvalue weighted by Gasteiger charge is 2.16. The topological polar surface area (TPSA) is 102 Å². The summed E-state index contributed by atoms with van der Waals surface area (Å²) in [6, 6.07) is 8.08. The molecule has 2 aromatic heterocycles. The zero-order valence-electron chi connectivity index (χ0n) is 14.8. The van der Waals surface area contributed by atoms with Gasteiger partial charge in [-0.1, -0.05) is 23.7 Å². The zero-order chi connectivity index (χ0) is 19.4. The summed E-state index contributed by atoms with van der Waals surface area (Å²) in [6.45, 7) is 4.41. The van der Waals surface area contributed by atoms with E-state index in [1.54, 1.807) is 24.5 Å². The summed E-state index contributed by atoms with van der Waals surface area (Å²) in [5.41, 5.74) is 1.92. The summed E-state index contributed by atoms with van der Waals surface area (Å²) in [6.07, 6.45) is 3.15. The summed E-state index contributed by atoms with van der Waals surface area (Å²) in [5, 5.41) is 3.26. The molecule has 0 amide bonds. The lowest BCUT2D eigenvalue weighted by atomic mass is 10.4. The minimum absolute atomic E-state index is 0.0574. The van der Waals surface area contributed by atoms with Crippen LogP contribution in [0, 0.1) is 13.8 Å². The van der Waals surface area contributed by atoms with Gasteiger partial charge < -0.3 is 5.32 Å². The fourth-order valence-corrected chi connectivity index (χ4v) is 3.97. The van der Waals surface area contributed by atoms with Crippen LogP contribution in [0.2, 0.25) is 5.02 Å². The van der Waals surface area contributed by atoms with Crippen molar-refractivity contribution in [2.75, 3.05) is 18.4 Å². The number of nitrogens with one attached hydrogen (secondary N) is 2. The van der Waals surface area contributed by atoms with Crippen LogP contribution >= 0.6 is 11.6 Å². The highest BCUT2D eigenvalue weighted by molar-refractivity contribution is 7.89. The third kappa shape index (κ3) is 4.44. The lowest BCUT2D eigenvalue weighted by Crippen LogP contribution is -2.29. The average molecular weight is 407 g/mol. The van der Waals surface area contributed by atoms with Gasteiger partial charge in [0.25, 0.3) is 0 Å². The van der Waals surface area contributed by atoms with Gasteiger partial charge in [-0.25, -0.2) is 28.1 Å². The molecule has 0 fully saturated rings. The standard InChI is InChI=1S/C17H19ClN6O2S/c1-12-13(2)24(11-22-12)17-9-16(20-10-21-17)19-7-8-23-27(25,26)15-6-4-3-5-14(15)18/h3-6,9-11,23H,7-8H2,1-2H3,(H,19,20,21). The van der Waals surface area contributed by atoms with E-state index in [9.17, 15) is 8.42 Å². The van der Waals surface area contributed by atoms with Crippen molar-refractivity contribution in [1.82, 2.24) is 24.2 Å². The minimum atomic E-state index is -3.67. The van der Waals surface area contributed by atoms with Gasteiger partial charge in [0.2, 0.25) is 10.0 Å². The molecule has 3 rings (SSSR count). The lowest BCUT2D eigenvalue weighted by Gasteiger charge is -2.10. The van der Waals surface area contributed by atoms with Crippen molar-refractivity contribution < 1.29 is 8.42 Å². The SMILES string of the molecule is Cc1ncn(-c2cc(NCCNS(=O)(=O)c3ccccc3Cl)ncn2)c1C. The highest BCUT2D eigenvalue weighted by atomic mass is 35.5. The van der Waals surface area contributed by atoms with Gasteiger partial charge in [0.15, 0.2) is 0 Å². The van der Waals surface area contributed by atoms with Crippen LogP contribution < -0.4 is 10.0 Å². The van der Waals surface area contributed by atoms with E-state index < -0.39 is 10.0 Å². The van der Waals surface area contributed by atoms with Gasteiger partial charge in [-0.05, 0) is 26.0 Å². The van der Waals surface area contributed by atoms with Gasteiger partial charge in [0.05, 0.1) is 10.7 Å². The van der Waals surface area contributed by atoms with E-state index in [4.69, 9.17) is 11.6 Å².